The number of methoxy groups -OCH3 is 1. The lowest BCUT2D eigenvalue weighted by atomic mass is 9.59. The van der Waals surface area contributed by atoms with E-state index in [0.717, 1.165) is 10.4 Å². The largest absolute Gasteiger partial charge is 0.469 e. The van der Waals surface area contributed by atoms with E-state index in [0.29, 0.717) is 10.8 Å². The Morgan fingerprint density at radius 2 is 1.89 bits per heavy atom. The van der Waals surface area contributed by atoms with Gasteiger partial charge in [-0.1, -0.05) is 48.9 Å². The normalized spacial score (nSPS) is 22.8. The number of thiophene rings is 1. The molecule has 0 bridgehead atoms. The lowest BCUT2D eigenvalue weighted by Gasteiger charge is -2.40. The van der Waals surface area contributed by atoms with Crippen molar-refractivity contribution in [2.24, 2.45) is 17.8 Å². The molecule has 27 heavy (non-hydrogen) atoms. The van der Waals surface area contributed by atoms with Crippen LogP contribution in [0.25, 0.3) is 0 Å². The second kappa shape index (κ2) is 8.36. The topological polar surface area (TPSA) is 60.4 Å². The molecular formula is C21H21ClO4S. The summed E-state index contributed by atoms with van der Waals surface area (Å²) in [6.45, 7) is 1.95. The van der Waals surface area contributed by atoms with Crippen molar-refractivity contribution >= 4 is 40.5 Å². The molecule has 0 aliphatic heterocycles. The number of benzene rings is 1. The van der Waals surface area contributed by atoms with Crippen molar-refractivity contribution in [1.82, 2.24) is 0 Å². The predicted molar refractivity (Wildman–Crippen MR) is 105 cm³/mol. The molecule has 1 heterocycles. The Hall–Kier alpha value is -1.98. The smallest absolute Gasteiger partial charge is 0.310 e. The van der Waals surface area contributed by atoms with Crippen LogP contribution in [0, 0.1) is 17.8 Å². The fourth-order valence-electron chi connectivity index (χ4n) is 3.73. The van der Waals surface area contributed by atoms with Crippen LogP contribution in [-0.4, -0.2) is 24.6 Å². The molecule has 142 valence electrons. The predicted octanol–water partition coefficient (Wildman–Crippen LogP) is 4.31. The third-order valence-corrected chi connectivity index (χ3v) is 6.46. The third-order valence-electron chi connectivity index (χ3n) is 5.21. The summed E-state index contributed by atoms with van der Waals surface area (Å²) in [4.78, 5) is 38.7. The first-order chi connectivity index (χ1) is 12.9. The van der Waals surface area contributed by atoms with Crippen LogP contribution in [0.3, 0.4) is 0 Å². The van der Waals surface area contributed by atoms with Gasteiger partial charge in [-0.3, -0.25) is 14.4 Å². The van der Waals surface area contributed by atoms with Gasteiger partial charge in [0.25, 0.3) is 0 Å². The number of ether oxygens (including phenoxy) is 1. The highest BCUT2D eigenvalue weighted by atomic mass is 35.5. The van der Waals surface area contributed by atoms with Gasteiger partial charge in [-0.15, -0.1) is 11.3 Å². The van der Waals surface area contributed by atoms with E-state index in [-0.39, 0.29) is 23.9 Å². The zero-order valence-corrected chi connectivity index (χ0v) is 16.8. The Bertz CT molecular complexity index is 845. The maximum atomic E-state index is 12.8. The number of ketones is 2. The highest BCUT2D eigenvalue weighted by Gasteiger charge is 2.57. The van der Waals surface area contributed by atoms with Gasteiger partial charge in [0.2, 0.25) is 0 Å². The standard InChI is InChI=1S/C21H21ClO4S/c1-12(13-6-4-3-5-7-13)10-16(23)19-18(21(25)26-2)15(20(19)24)11-14-8-9-17(22)27-14/h3-9,12,15,18-19H,10-11H2,1-2H3/t12-,15+,18+,19?/m0/s1. The van der Waals surface area contributed by atoms with Crippen molar-refractivity contribution in [3.8, 4) is 0 Å². The second-order valence-electron chi connectivity index (χ2n) is 6.93. The molecule has 0 N–H and O–H groups in total. The van der Waals surface area contributed by atoms with Gasteiger partial charge >= 0.3 is 5.97 Å². The van der Waals surface area contributed by atoms with Crippen molar-refractivity contribution < 1.29 is 19.1 Å². The summed E-state index contributed by atoms with van der Waals surface area (Å²) >= 11 is 7.33. The zero-order chi connectivity index (χ0) is 19.6. The van der Waals surface area contributed by atoms with Gasteiger partial charge in [0.05, 0.1) is 23.3 Å². The van der Waals surface area contributed by atoms with Crippen LogP contribution < -0.4 is 0 Å². The Morgan fingerprint density at radius 3 is 2.48 bits per heavy atom. The first-order valence-corrected chi connectivity index (χ1v) is 10.0. The molecular weight excluding hydrogens is 384 g/mol. The highest BCUT2D eigenvalue weighted by molar-refractivity contribution is 7.16. The summed E-state index contributed by atoms with van der Waals surface area (Å²) in [7, 11) is 1.29. The van der Waals surface area contributed by atoms with E-state index in [2.05, 4.69) is 0 Å². The van der Waals surface area contributed by atoms with Crippen LogP contribution >= 0.6 is 22.9 Å². The average Bonchev–Trinajstić information content (AvgIpc) is 3.08. The van der Waals surface area contributed by atoms with E-state index in [1.165, 1.54) is 18.4 Å². The van der Waals surface area contributed by atoms with Gasteiger partial charge in [-0.25, -0.2) is 0 Å². The fourth-order valence-corrected chi connectivity index (χ4v) is 4.87. The van der Waals surface area contributed by atoms with E-state index >= 15 is 0 Å². The number of carbonyl (C=O) groups is 3. The average molecular weight is 405 g/mol. The molecule has 3 rings (SSSR count). The summed E-state index contributed by atoms with van der Waals surface area (Å²) in [6.07, 6.45) is 0.638. The molecule has 1 aromatic heterocycles. The molecule has 1 unspecified atom stereocenters. The minimum absolute atomic E-state index is 0.0139. The number of carbonyl (C=O) groups excluding carboxylic acids is 3. The first kappa shape index (κ1) is 19.8. The van der Waals surface area contributed by atoms with E-state index in [9.17, 15) is 14.4 Å². The second-order valence-corrected chi connectivity index (χ2v) is 8.73. The Balaban J connectivity index is 1.72. The summed E-state index contributed by atoms with van der Waals surface area (Å²) in [6, 6.07) is 13.3. The molecule has 2 aromatic rings. The Morgan fingerprint density at radius 1 is 1.19 bits per heavy atom. The minimum atomic E-state index is -0.899. The van der Waals surface area contributed by atoms with Crippen molar-refractivity contribution in [2.75, 3.05) is 7.11 Å². The monoisotopic (exact) mass is 404 g/mol. The van der Waals surface area contributed by atoms with Crippen LogP contribution in [0.15, 0.2) is 42.5 Å². The molecule has 6 heteroatoms. The van der Waals surface area contributed by atoms with Gasteiger partial charge in [0, 0.05) is 17.2 Å². The summed E-state index contributed by atoms with van der Waals surface area (Å²) in [5.41, 5.74) is 1.04. The van der Waals surface area contributed by atoms with Gasteiger partial charge < -0.3 is 4.74 Å². The SMILES string of the molecule is COC(=O)[C@H]1C(C(=O)C[C@H](C)c2ccccc2)C(=O)[C@@H]1Cc1ccc(Cl)s1. The highest BCUT2D eigenvalue weighted by Crippen LogP contribution is 2.43. The van der Waals surface area contributed by atoms with Crippen molar-refractivity contribution in [1.29, 1.82) is 0 Å². The molecule has 1 saturated carbocycles. The quantitative estimate of drug-likeness (QED) is 0.509. The fraction of sp³-hybridized carbons (Fsp3) is 0.381. The van der Waals surface area contributed by atoms with Gasteiger partial charge in [0.1, 0.15) is 11.6 Å². The van der Waals surface area contributed by atoms with Crippen molar-refractivity contribution in [3.05, 3.63) is 57.2 Å². The maximum Gasteiger partial charge on any atom is 0.310 e. The Labute approximate surface area is 167 Å². The van der Waals surface area contributed by atoms with E-state index in [1.807, 2.05) is 43.3 Å². The molecule has 4 nitrogen and oxygen atoms in total. The van der Waals surface area contributed by atoms with Crippen molar-refractivity contribution in [3.63, 3.8) is 0 Å². The van der Waals surface area contributed by atoms with E-state index in [1.54, 1.807) is 6.07 Å². The zero-order valence-electron chi connectivity index (χ0n) is 15.2. The molecule has 0 radical (unpaired) electrons. The molecule has 1 aliphatic rings. The van der Waals surface area contributed by atoms with E-state index < -0.39 is 23.7 Å². The van der Waals surface area contributed by atoms with Crippen LogP contribution in [-0.2, 0) is 25.5 Å². The number of Topliss-reactive ketones (excluding diaryl/α,β-unsaturated/α-hetero) is 2. The molecule has 1 aliphatic carbocycles. The molecule has 0 saturated heterocycles. The van der Waals surface area contributed by atoms with Crippen LogP contribution in [0.4, 0.5) is 0 Å². The molecule has 0 spiro atoms. The van der Waals surface area contributed by atoms with Gasteiger partial charge in [-0.05, 0) is 30.0 Å². The minimum Gasteiger partial charge on any atom is -0.469 e. The number of hydrogen-bond donors (Lipinski definition) is 0. The lowest BCUT2D eigenvalue weighted by molar-refractivity contribution is -0.168. The molecule has 1 fully saturated rings. The van der Waals surface area contributed by atoms with Gasteiger partial charge in [-0.2, -0.15) is 0 Å². The Kier molecular flexibility index (Phi) is 6.12. The maximum absolute atomic E-state index is 12.8. The molecule has 1 aromatic carbocycles. The number of esters is 1. The van der Waals surface area contributed by atoms with Crippen LogP contribution in [0.5, 0.6) is 0 Å². The number of hydrogen-bond acceptors (Lipinski definition) is 5. The first-order valence-electron chi connectivity index (χ1n) is 8.85. The van der Waals surface area contributed by atoms with Gasteiger partial charge in [0.15, 0.2) is 0 Å². The van der Waals surface area contributed by atoms with E-state index in [4.69, 9.17) is 16.3 Å². The van der Waals surface area contributed by atoms with Crippen LogP contribution in [0.2, 0.25) is 4.34 Å². The van der Waals surface area contributed by atoms with Crippen molar-refractivity contribution in [2.45, 2.75) is 25.7 Å². The summed E-state index contributed by atoms with van der Waals surface area (Å²) in [5.74, 6) is -2.99. The number of rotatable bonds is 7. The molecule has 0 amide bonds. The number of halogens is 1. The third kappa shape index (κ3) is 4.14. The lowest BCUT2D eigenvalue weighted by Crippen LogP contribution is -2.56. The summed E-state index contributed by atoms with van der Waals surface area (Å²) in [5, 5.41) is 0. The molecule has 4 atom stereocenters. The summed E-state index contributed by atoms with van der Waals surface area (Å²) < 4.78 is 5.51. The van der Waals surface area contributed by atoms with Crippen LogP contribution in [0.1, 0.15) is 29.7 Å².